The Bertz CT molecular complexity index is 998. The molecule has 0 aromatic heterocycles. The summed E-state index contributed by atoms with van der Waals surface area (Å²) in [4.78, 5) is 28.7. The van der Waals surface area contributed by atoms with Crippen LogP contribution < -0.4 is 19.5 Å². The molecule has 1 atom stereocenters. The third-order valence-corrected chi connectivity index (χ3v) is 5.44. The van der Waals surface area contributed by atoms with E-state index in [2.05, 4.69) is 0 Å². The van der Waals surface area contributed by atoms with E-state index in [-0.39, 0.29) is 5.57 Å². The van der Waals surface area contributed by atoms with Crippen LogP contribution in [-0.2, 0) is 9.59 Å². The van der Waals surface area contributed by atoms with Gasteiger partial charge in [0.05, 0.1) is 40.4 Å². The highest BCUT2D eigenvalue weighted by Crippen LogP contribution is 2.39. The van der Waals surface area contributed by atoms with Gasteiger partial charge in [-0.3, -0.25) is 9.59 Å². The number of Topliss-reactive ketones (excluding diaryl/α,β-unsaturated/α-hetero) is 1. The number of benzene rings is 2. The Balaban J connectivity index is 2.07. The van der Waals surface area contributed by atoms with Gasteiger partial charge in [0.25, 0.3) is 5.91 Å². The van der Waals surface area contributed by atoms with Crippen LogP contribution in [-0.4, -0.2) is 57.5 Å². The number of ether oxygens (including phenoxy) is 2. The van der Waals surface area contributed by atoms with E-state index in [4.69, 9.17) is 9.47 Å². The van der Waals surface area contributed by atoms with Gasteiger partial charge in [-0.1, -0.05) is 30.0 Å². The lowest BCUT2D eigenvalue weighted by Gasteiger charge is -2.28. The van der Waals surface area contributed by atoms with Crippen molar-refractivity contribution in [3.63, 3.8) is 0 Å². The van der Waals surface area contributed by atoms with Crippen molar-refractivity contribution in [2.45, 2.75) is 19.4 Å². The fourth-order valence-corrected chi connectivity index (χ4v) is 3.89. The summed E-state index contributed by atoms with van der Waals surface area (Å²) in [5.41, 5.74) is 0.997. The Morgan fingerprint density at radius 2 is 1.81 bits per heavy atom. The number of hydrogen-bond acceptors (Lipinski definition) is 5. The molecule has 7 nitrogen and oxygen atoms in total. The number of nitrogens with one attached hydrogen (secondary N) is 1. The number of quaternary nitrogens is 1. The molecule has 1 heterocycles. The summed E-state index contributed by atoms with van der Waals surface area (Å²) in [5, 5.41) is 13.4. The van der Waals surface area contributed by atoms with Gasteiger partial charge in [-0.2, -0.15) is 0 Å². The number of nitrogens with zero attached hydrogens (tertiary/aromatic N) is 1. The minimum Gasteiger partial charge on any atom is -0.872 e. The third kappa shape index (κ3) is 4.94. The van der Waals surface area contributed by atoms with Crippen molar-refractivity contribution in [2.75, 3.05) is 40.9 Å². The van der Waals surface area contributed by atoms with Crippen LogP contribution in [0.3, 0.4) is 0 Å². The van der Waals surface area contributed by atoms with E-state index in [1.165, 1.54) is 9.80 Å². The Labute approximate surface area is 188 Å². The number of methoxy groups -OCH3 is 1. The van der Waals surface area contributed by atoms with Gasteiger partial charge in [-0.15, -0.1) is 0 Å². The van der Waals surface area contributed by atoms with Gasteiger partial charge >= 0.3 is 0 Å². The Morgan fingerprint density at radius 1 is 1.09 bits per heavy atom. The maximum Gasteiger partial charge on any atom is 0.295 e. The lowest BCUT2D eigenvalue weighted by Crippen LogP contribution is -3.05. The molecular weight excluding hydrogens is 408 g/mol. The Kier molecular flexibility index (Phi) is 7.53. The second-order valence-electron chi connectivity index (χ2n) is 8.02. The summed E-state index contributed by atoms with van der Waals surface area (Å²) < 4.78 is 10.8. The van der Waals surface area contributed by atoms with Crippen LogP contribution in [0, 0.1) is 0 Å². The number of likely N-dealkylation sites (tertiary alicyclic amines) is 1. The summed E-state index contributed by atoms with van der Waals surface area (Å²) in [6, 6.07) is 13.0. The van der Waals surface area contributed by atoms with Crippen molar-refractivity contribution < 1.29 is 29.1 Å². The summed E-state index contributed by atoms with van der Waals surface area (Å²) in [5.74, 6) is -0.588. The fraction of sp³-hybridized carbons (Fsp3) is 0.360. The largest absolute Gasteiger partial charge is 0.872 e. The maximum atomic E-state index is 13.4. The van der Waals surface area contributed by atoms with Gasteiger partial charge in [-0.05, 0) is 42.3 Å². The minimum atomic E-state index is -0.749. The number of carbonyl (C=O) groups is 2. The van der Waals surface area contributed by atoms with Gasteiger partial charge in [0, 0.05) is 18.5 Å². The molecule has 0 bridgehead atoms. The molecule has 0 saturated carbocycles. The van der Waals surface area contributed by atoms with Crippen LogP contribution in [0.15, 0.2) is 54.1 Å². The molecule has 1 unspecified atom stereocenters. The van der Waals surface area contributed by atoms with Crippen LogP contribution in [0.2, 0.25) is 0 Å². The number of ketones is 1. The van der Waals surface area contributed by atoms with Gasteiger partial charge in [0.15, 0.2) is 0 Å². The molecule has 1 fully saturated rings. The van der Waals surface area contributed by atoms with E-state index in [1.54, 1.807) is 49.6 Å². The highest BCUT2D eigenvalue weighted by Gasteiger charge is 2.44. The maximum absolute atomic E-state index is 13.4. The third-order valence-electron chi connectivity index (χ3n) is 5.44. The lowest BCUT2D eigenvalue weighted by atomic mass is 9.95. The van der Waals surface area contributed by atoms with Crippen LogP contribution in [0.25, 0.3) is 5.76 Å². The molecule has 1 N–H and O–H groups in total. The molecular formula is C25H30N2O5. The lowest BCUT2D eigenvalue weighted by molar-refractivity contribution is -0.858. The molecule has 0 radical (unpaired) electrons. The van der Waals surface area contributed by atoms with Crippen LogP contribution in [0.4, 0.5) is 0 Å². The fourth-order valence-electron chi connectivity index (χ4n) is 3.89. The predicted molar refractivity (Wildman–Crippen MR) is 119 cm³/mol. The quantitative estimate of drug-likeness (QED) is 0.357. The van der Waals surface area contributed by atoms with Crippen molar-refractivity contribution in [2.24, 2.45) is 0 Å². The van der Waals surface area contributed by atoms with Crippen LogP contribution in [0.5, 0.6) is 11.5 Å². The highest BCUT2D eigenvalue weighted by atomic mass is 16.5. The second kappa shape index (κ2) is 10.3. The summed E-state index contributed by atoms with van der Waals surface area (Å²) in [6.07, 6.45) is 0.715. The number of carbonyl (C=O) groups excluding carboxylic acids is 2. The van der Waals surface area contributed by atoms with Crippen molar-refractivity contribution >= 4 is 17.4 Å². The number of rotatable bonds is 9. The molecule has 2 aromatic rings. The first-order chi connectivity index (χ1) is 15.4. The highest BCUT2D eigenvalue weighted by molar-refractivity contribution is 6.46. The van der Waals surface area contributed by atoms with E-state index in [9.17, 15) is 14.7 Å². The zero-order valence-electron chi connectivity index (χ0n) is 19.0. The standard InChI is InChI=1S/C25H30N2O5/c1-5-32-19-12-10-17(11-13-19)23(28)21-22(18-8-6-9-20(16-18)31-4)27(25(30)24(21)29)15-7-14-26(2)3/h6,8-13,16,22,28H,5,7,14-15H2,1-4H3/b23-21+. The van der Waals surface area contributed by atoms with E-state index < -0.39 is 23.5 Å². The van der Waals surface area contributed by atoms with Crippen molar-refractivity contribution in [1.82, 2.24) is 4.90 Å². The second-order valence-corrected chi connectivity index (χ2v) is 8.02. The summed E-state index contributed by atoms with van der Waals surface area (Å²) in [7, 11) is 5.62. The molecule has 1 saturated heterocycles. The van der Waals surface area contributed by atoms with Crippen LogP contribution >= 0.6 is 0 Å². The van der Waals surface area contributed by atoms with Gasteiger partial charge in [0.2, 0.25) is 5.78 Å². The van der Waals surface area contributed by atoms with Gasteiger partial charge < -0.3 is 24.4 Å². The molecule has 0 spiro atoms. The molecule has 1 aliphatic heterocycles. The molecule has 170 valence electrons. The minimum absolute atomic E-state index is 0.0235. The molecule has 32 heavy (non-hydrogen) atoms. The summed E-state index contributed by atoms with van der Waals surface area (Å²) in [6.45, 7) is 3.62. The molecule has 7 heteroatoms. The first-order valence-corrected chi connectivity index (χ1v) is 10.8. The smallest absolute Gasteiger partial charge is 0.295 e. The molecule has 2 aromatic carbocycles. The first kappa shape index (κ1) is 23.3. The predicted octanol–water partition coefficient (Wildman–Crippen LogP) is 0.853. The normalized spacial score (nSPS) is 17.8. The SMILES string of the molecule is CCOc1ccc(/C([O-])=C2\C(=O)C(=O)N(CCC[NH+](C)C)C2c2cccc(OC)c2)cc1. The zero-order valence-corrected chi connectivity index (χ0v) is 19.0. The molecule has 0 aliphatic carbocycles. The Hall–Kier alpha value is -3.32. The van der Waals surface area contributed by atoms with E-state index in [0.29, 0.717) is 42.2 Å². The average Bonchev–Trinajstić information content (AvgIpc) is 3.04. The van der Waals surface area contributed by atoms with E-state index in [0.717, 1.165) is 6.54 Å². The Morgan fingerprint density at radius 3 is 2.44 bits per heavy atom. The van der Waals surface area contributed by atoms with Crippen molar-refractivity contribution in [1.29, 1.82) is 0 Å². The monoisotopic (exact) mass is 438 g/mol. The van der Waals surface area contributed by atoms with Gasteiger partial charge in [0.1, 0.15) is 11.5 Å². The van der Waals surface area contributed by atoms with Crippen molar-refractivity contribution in [3.05, 3.63) is 65.2 Å². The first-order valence-electron chi connectivity index (χ1n) is 10.8. The van der Waals surface area contributed by atoms with E-state index in [1.807, 2.05) is 27.1 Å². The molecule has 3 rings (SSSR count). The zero-order chi connectivity index (χ0) is 23.3. The molecule has 1 aliphatic rings. The van der Waals surface area contributed by atoms with Gasteiger partial charge in [-0.25, -0.2) is 0 Å². The topological polar surface area (TPSA) is 83.3 Å². The number of amides is 1. The van der Waals surface area contributed by atoms with Crippen molar-refractivity contribution in [3.8, 4) is 11.5 Å². The van der Waals surface area contributed by atoms with E-state index >= 15 is 0 Å². The average molecular weight is 439 g/mol. The number of hydrogen-bond donors (Lipinski definition) is 1. The summed E-state index contributed by atoms with van der Waals surface area (Å²) >= 11 is 0. The molecule has 1 amide bonds. The van der Waals surface area contributed by atoms with Crippen LogP contribution in [0.1, 0.15) is 30.5 Å².